The Bertz CT molecular complexity index is 1840. The Kier molecular flexibility index (Phi) is 7.82. The number of rotatable bonds is 7. The number of phenolic OH excluding ortho intramolecular Hbond substituents is 1. The van der Waals surface area contributed by atoms with Crippen molar-refractivity contribution in [1.82, 2.24) is 4.57 Å². The van der Waals surface area contributed by atoms with Crippen LogP contribution in [0.3, 0.4) is 0 Å². The summed E-state index contributed by atoms with van der Waals surface area (Å²) in [7, 11) is 0. The lowest BCUT2D eigenvalue weighted by Crippen LogP contribution is -2.33. The van der Waals surface area contributed by atoms with Crippen molar-refractivity contribution in [3.63, 3.8) is 0 Å². The van der Waals surface area contributed by atoms with Crippen LogP contribution in [0.4, 0.5) is 15.8 Å². The Balaban J connectivity index is 1.36. The molecule has 6 rings (SSSR count). The van der Waals surface area contributed by atoms with Gasteiger partial charge in [-0.2, -0.15) is 0 Å². The van der Waals surface area contributed by atoms with Gasteiger partial charge in [0.1, 0.15) is 23.4 Å². The fourth-order valence-electron chi connectivity index (χ4n) is 5.39. The number of ether oxygens (including phenoxy) is 1. The van der Waals surface area contributed by atoms with E-state index in [-0.39, 0.29) is 30.2 Å². The number of thiazole rings is 1. The SMILES string of the molecule is CCOC(=O)c1ccc(N2C(=O)C3Sc4c(sc(=O)n4CC(=O)Nc4ccc(F)cc4)C(c4ccc(O)cc4)C3C2=O)cc1. The van der Waals surface area contributed by atoms with Gasteiger partial charge in [0.2, 0.25) is 17.7 Å². The number of aromatic nitrogens is 1. The van der Waals surface area contributed by atoms with E-state index >= 15 is 0 Å². The molecule has 2 aliphatic heterocycles. The number of phenols is 1. The lowest BCUT2D eigenvalue weighted by Gasteiger charge is -2.30. The molecule has 0 bridgehead atoms. The Morgan fingerprint density at radius 2 is 1.64 bits per heavy atom. The van der Waals surface area contributed by atoms with Crippen LogP contribution in [0.25, 0.3) is 0 Å². The third kappa shape index (κ3) is 5.28. The molecular formula is C31H24FN3O7S2. The third-order valence-electron chi connectivity index (χ3n) is 7.37. The van der Waals surface area contributed by atoms with Gasteiger partial charge in [0.15, 0.2) is 0 Å². The van der Waals surface area contributed by atoms with Crippen molar-refractivity contribution in [2.24, 2.45) is 5.92 Å². The first-order valence-electron chi connectivity index (χ1n) is 13.6. The van der Waals surface area contributed by atoms with Gasteiger partial charge >= 0.3 is 10.8 Å². The van der Waals surface area contributed by atoms with E-state index in [1.165, 1.54) is 65.2 Å². The molecule has 1 aromatic heterocycles. The summed E-state index contributed by atoms with van der Waals surface area (Å²) in [6.45, 7) is 1.52. The number of imide groups is 1. The zero-order valence-electron chi connectivity index (χ0n) is 23.1. The summed E-state index contributed by atoms with van der Waals surface area (Å²) < 4.78 is 19.6. The molecule has 0 aliphatic carbocycles. The Morgan fingerprint density at radius 1 is 0.955 bits per heavy atom. The van der Waals surface area contributed by atoms with Gasteiger partial charge in [-0.05, 0) is 73.2 Å². The number of anilines is 2. The summed E-state index contributed by atoms with van der Waals surface area (Å²) in [6.07, 6.45) is 0. The molecule has 0 saturated carbocycles. The summed E-state index contributed by atoms with van der Waals surface area (Å²) in [5.74, 6) is -4.06. The van der Waals surface area contributed by atoms with Crippen molar-refractivity contribution in [3.05, 3.63) is 104 Å². The molecule has 3 heterocycles. The molecule has 13 heteroatoms. The van der Waals surface area contributed by atoms with Crippen molar-refractivity contribution in [2.45, 2.75) is 29.7 Å². The number of fused-ring (bicyclic) bond motifs is 2. The first-order chi connectivity index (χ1) is 21.2. The molecule has 3 unspecified atom stereocenters. The van der Waals surface area contributed by atoms with Crippen LogP contribution in [-0.4, -0.2) is 45.2 Å². The molecule has 10 nitrogen and oxygen atoms in total. The van der Waals surface area contributed by atoms with Crippen LogP contribution in [0.5, 0.6) is 5.75 Å². The molecule has 3 aromatic carbocycles. The molecule has 0 radical (unpaired) electrons. The van der Waals surface area contributed by atoms with Gasteiger partial charge in [-0.3, -0.25) is 23.7 Å². The largest absolute Gasteiger partial charge is 0.508 e. The summed E-state index contributed by atoms with van der Waals surface area (Å²) in [5, 5.41) is 12.0. The average Bonchev–Trinajstić information content (AvgIpc) is 3.45. The van der Waals surface area contributed by atoms with Crippen molar-refractivity contribution in [2.75, 3.05) is 16.8 Å². The van der Waals surface area contributed by atoms with Crippen molar-refractivity contribution < 1.29 is 33.4 Å². The predicted octanol–water partition coefficient (Wildman–Crippen LogP) is 4.37. The van der Waals surface area contributed by atoms with Gasteiger partial charge in [0.25, 0.3) is 0 Å². The maximum absolute atomic E-state index is 14.0. The quantitative estimate of drug-likeness (QED) is 0.226. The van der Waals surface area contributed by atoms with E-state index in [0.717, 1.165) is 28.0 Å². The number of carbonyl (C=O) groups is 4. The lowest BCUT2D eigenvalue weighted by atomic mass is 9.83. The minimum Gasteiger partial charge on any atom is -0.508 e. The molecule has 3 atom stereocenters. The molecule has 224 valence electrons. The van der Waals surface area contributed by atoms with Gasteiger partial charge in [-0.15, -0.1) is 0 Å². The number of nitrogens with one attached hydrogen (secondary N) is 1. The standard InChI is InChI=1S/C31H24FN3O7S2/c1-2-42-30(40)17-3-11-20(12-4-17)35-27(38)24-23(16-5-13-21(36)14-6-16)26-29(43-25(24)28(35)39)34(31(41)44-26)15-22(37)33-19-9-7-18(32)8-10-19/h3-14,23-25,36H,2,15H2,1H3,(H,33,37). The topological polar surface area (TPSA) is 135 Å². The Hall–Kier alpha value is -4.75. The molecule has 1 saturated heterocycles. The predicted molar refractivity (Wildman–Crippen MR) is 162 cm³/mol. The Morgan fingerprint density at radius 3 is 2.30 bits per heavy atom. The maximum atomic E-state index is 14.0. The van der Waals surface area contributed by atoms with Crippen LogP contribution in [0.2, 0.25) is 0 Å². The smallest absolute Gasteiger partial charge is 0.338 e. The number of esters is 1. The second-order valence-corrected chi connectivity index (χ2v) is 12.2. The normalized spacial score (nSPS) is 19.0. The second-order valence-electron chi connectivity index (χ2n) is 10.1. The van der Waals surface area contributed by atoms with Crippen LogP contribution < -0.4 is 15.1 Å². The summed E-state index contributed by atoms with van der Waals surface area (Å²) in [4.78, 5) is 67.4. The highest BCUT2D eigenvalue weighted by Crippen LogP contribution is 2.54. The fraction of sp³-hybridized carbons (Fsp3) is 0.194. The van der Waals surface area contributed by atoms with E-state index in [4.69, 9.17) is 4.74 Å². The van der Waals surface area contributed by atoms with E-state index in [1.807, 2.05) is 0 Å². The van der Waals surface area contributed by atoms with Gasteiger partial charge in [0, 0.05) is 16.5 Å². The number of aromatic hydroxyl groups is 1. The minimum absolute atomic E-state index is 0.0103. The van der Waals surface area contributed by atoms with E-state index in [2.05, 4.69) is 5.32 Å². The molecule has 3 amide bonds. The van der Waals surface area contributed by atoms with Crippen molar-refractivity contribution in [3.8, 4) is 5.75 Å². The summed E-state index contributed by atoms with van der Waals surface area (Å²) in [6, 6.07) is 17.4. The first-order valence-corrected chi connectivity index (χ1v) is 15.3. The lowest BCUT2D eigenvalue weighted by molar-refractivity contribution is -0.122. The third-order valence-corrected chi connectivity index (χ3v) is 9.97. The number of hydrogen-bond acceptors (Lipinski definition) is 9. The number of hydrogen-bond donors (Lipinski definition) is 2. The molecular weight excluding hydrogens is 609 g/mol. The van der Waals surface area contributed by atoms with Crippen LogP contribution in [-0.2, 0) is 25.7 Å². The molecule has 0 spiro atoms. The number of amides is 3. The summed E-state index contributed by atoms with van der Waals surface area (Å²) >= 11 is 1.95. The van der Waals surface area contributed by atoms with Crippen LogP contribution in [0.1, 0.15) is 33.6 Å². The Labute approximate surface area is 258 Å². The number of thioether (sulfide) groups is 1. The van der Waals surface area contributed by atoms with Crippen LogP contribution >= 0.6 is 23.1 Å². The molecule has 1 fully saturated rings. The van der Waals surface area contributed by atoms with E-state index in [9.17, 15) is 33.5 Å². The molecule has 2 aliphatic rings. The number of nitrogens with zero attached hydrogens (tertiary/aromatic N) is 2. The highest BCUT2D eigenvalue weighted by atomic mass is 32.2. The number of carbonyl (C=O) groups excluding carboxylic acids is 4. The molecule has 44 heavy (non-hydrogen) atoms. The van der Waals surface area contributed by atoms with Crippen LogP contribution in [0.15, 0.2) is 82.6 Å². The van der Waals surface area contributed by atoms with Gasteiger partial charge in [-0.1, -0.05) is 35.2 Å². The molecule has 2 N–H and O–H groups in total. The first kappa shape index (κ1) is 29.3. The number of benzene rings is 3. The van der Waals surface area contributed by atoms with E-state index in [1.54, 1.807) is 19.1 Å². The summed E-state index contributed by atoms with van der Waals surface area (Å²) in [5.41, 5.74) is 1.52. The van der Waals surface area contributed by atoms with E-state index < -0.39 is 51.5 Å². The zero-order chi connectivity index (χ0) is 31.1. The monoisotopic (exact) mass is 633 g/mol. The highest BCUT2D eigenvalue weighted by Gasteiger charge is 2.56. The molecule has 4 aromatic rings. The average molecular weight is 634 g/mol. The zero-order valence-corrected chi connectivity index (χ0v) is 24.7. The van der Waals surface area contributed by atoms with Gasteiger partial charge < -0.3 is 15.2 Å². The van der Waals surface area contributed by atoms with Crippen molar-refractivity contribution in [1.29, 1.82) is 0 Å². The van der Waals surface area contributed by atoms with Crippen LogP contribution in [0, 0.1) is 11.7 Å². The fourth-order valence-corrected chi connectivity index (χ4v) is 8.16. The maximum Gasteiger partial charge on any atom is 0.338 e. The minimum atomic E-state index is -0.918. The van der Waals surface area contributed by atoms with Crippen molar-refractivity contribution >= 4 is 58.2 Å². The van der Waals surface area contributed by atoms with Gasteiger partial charge in [-0.25, -0.2) is 14.1 Å². The second kappa shape index (κ2) is 11.7. The van der Waals surface area contributed by atoms with Gasteiger partial charge in [0.05, 0.1) is 28.8 Å². The highest BCUT2D eigenvalue weighted by molar-refractivity contribution is 8.00. The number of halogens is 1. The van der Waals surface area contributed by atoms with E-state index in [0.29, 0.717) is 21.2 Å².